The van der Waals surface area contributed by atoms with E-state index in [1.54, 1.807) is 18.2 Å². The zero-order valence-corrected chi connectivity index (χ0v) is 16.5. The molecule has 12 nitrogen and oxygen atoms in total. The lowest BCUT2D eigenvalue weighted by Gasteiger charge is -2.41. The molecule has 166 valence electrons. The Morgan fingerprint density at radius 1 is 1.13 bits per heavy atom. The van der Waals surface area contributed by atoms with E-state index >= 15 is 0 Å². The number of nitrogens with one attached hydrogen (secondary N) is 1. The van der Waals surface area contributed by atoms with E-state index in [-0.39, 0.29) is 5.75 Å². The Hall–Kier alpha value is -3.03. The van der Waals surface area contributed by atoms with E-state index in [1.165, 1.54) is 24.3 Å². The molecule has 0 saturated carbocycles. The summed E-state index contributed by atoms with van der Waals surface area (Å²) >= 11 is 0. The van der Waals surface area contributed by atoms with E-state index in [9.17, 15) is 25.5 Å². The summed E-state index contributed by atoms with van der Waals surface area (Å²) < 4.78 is 12.0. The number of hydrogen-bond donors (Lipinski definition) is 6. The van der Waals surface area contributed by atoms with E-state index < -0.39 is 37.3 Å². The number of fused-ring (bicyclic) bond motifs is 1. The first-order chi connectivity index (χ1) is 14.9. The van der Waals surface area contributed by atoms with Gasteiger partial charge in [0, 0.05) is 6.54 Å². The van der Waals surface area contributed by atoms with Crippen molar-refractivity contribution in [3.63, 3.8) is 0 Å². The number of aliphatic hydroxyl groups is 4. The third kappa shape index (κ3) is 3.86. The molecule has 3 aliphatic rings. The van der Waals surface area contributed by atoms with Gasteiger partial charge in [-0.05, 0) is 17.7 Å². The summed E-state index contributed by atoms with van der Waals surface area (Å²) in [5.74, 6) is 1.11. The molecule has 3 heterocycles. The molecule has 0 radical (unpaired) electrons. The van der Waals surface area contributed by atoms with Crippen LogP contribution in [0, 0.1) is 0 Å². The van der Waals surface area contributed by atoms with Crippen LogP contribution in [0.3, 0.4) is 0 Å². The molecule has 1 unspecified atom stereocenters. The van der Waals surface area contributed by atoms with Gasteiger partial charge in [0.25, 0.3) is 0 Å². The Balaban J connectivity index is 1.58. The lowest BCUT2D eigenvalue weighted by Crippen LogP contribution is -2.56. The van der Waals surface area contributed by atoms with Crippen LogP contribution in [0.25, 0.3) is 11.5 Å². The molecule has 12 heteroatoms. The molecule has 6 N–H and O–H groups in total. The number of phenols is 1. The summed E-state index contributed by atoms with van der Waals surface area (Å²) in [4.78, 5) is 12.7. The molecule has 5 atom stereocenters. The van der Waals surface area contributed by atoms with Crippen molar-refractivity contribution in [1.82, 2.24) is 19.5 Å². The highest BCUT2D eigenvalue weighted by atomic mass is 16.6. The van der Waals surface area contributed by atoms with E-state index in [0.717, 1.165) is 5.56 Å². The van der Waals surface area contributed by atoms with Crippen LogP contribution in [0.15, 0.2) is 30.9 Å². The smallest absolute Gasteiger partial charge is 0.167 e. The summed E-state index contributed by atoms with van der Waals surface area (Å²) in [7, 11) is 1.47. The SMILES string of the molecule is COc1ccc(CNc2ncn(C3O[C@H](CO)[C@@H](O)[C@H](O)[C@H]3O)c3ncnc2-3)cc1O. The van der Waals surface area contributed by atoms with Crippen LogP contribution in [-0.2, 0) is 11.3 Å². The van der Waals surface area contributed by atoms with Gasteiger partial charge in [-0.2, -0.15) is 0 Å². The molecule has 1 aromatic rings. The number of anilines is 1. The van der Waals surface area contributed by atoms with Gasteiger partial charge in [0.15, 0.2) is 35.1 Å². The summed E-state index contributed by atoms with van der Waals surface area (Å²) in [6, 6.07) is 5.00. The second-order valence-electron chi connectivity index (χ2n) is 7.13. The molecule has 0 bridgehead atoms. The van der Waals surface area contributed by atoms with Crippen molar-refractivity contribution in [2.45, 2.75) is 37.2 Å². The molecular formula is C19H23N5O7. The fraction of sp³-hybridized carbons (Fsp3) is 0.421. The summed E-state index contributed by atoms with van der Waals surface area (Å²) in [5.41, 5.74) is 1.16. The summed E-state index contributed by atoms with van der Waals surface area (Å²) in [6.45, 7) is -0.212. The predicted molar refractivity (Wildman–Crippen MR) is 105 cm³/mol. The second-order valence-corrected chi connectivity index (χ2v) is 7.13. The number of aromatic nitrogens is 4. The number of benzene rings is 1. The molecule has 0 amide bonds. The number of nitrogens with zero attached hydrogens (tertiary/aromatic N) is 4. The van der Waals surface area contributed by atoms with Crippen LogP contribution in [0.1, 0.15) is 11.8 Å². The largest absolute Gasteiger partial charge is 0.504 e. The minimum Gasteiger partial charge on any atom is -0.504 e. The fourth-order valence-electron chi connectivity index (χ4n) is 3.51. The maximum atomic E-state index is 10.4. The quantitative estimate of drug-likeness (QED) is 0.283. The number of phenolic OH excluding ortho intramolecular Hbond substituents is 1. The number of hydrogen-bond acceptors (Lipinski definition) is 11. The van der Waals surface area contributed by atoms with Gasteiger partial charge in [-0.15, -0.1) is 0 Å². The summed E-state index contributed by atoms with van der Waals surface area (Å²) in [5, 5.41) is 52.9. The van der Waals surface area contributed by atoms with Crippen LogP contribution in [0.5, 0.6) is 11.5 Å². The first kappa shape index (κ1) is 21.2. The van der Waals surface area contributed by atoms with Crippen molar-refractivity contribution in [3.05, 3.63) is 36.4 Å². The highest BCUT2D eigenvalue weighted by Crippen LogP contribution is 2.34. The van der Waals surface area contributed by atoms with Crippen molar-refractivity contribution in [2.24, 2.45) is 0 Å². The van der Waals surface area contributed by atoms with Gasteiger partial charge in [-0.25, -0.2) is 15.0 Å². The molecule has 31 heavy (non-hydrogen) atoms. The highest BCUT2D eigenvalue weighted by molar-refractivity contribution is 5.67. The van der Waals surface area contributed by atoms with Crippen molar-refractivity contribution in [2.75, 3.05) is 19.0 Å². The minimum absolute atomic E-state index is 0.0153. The summed E-state index contributed by atoms with van der Waals surface area (Å²) in [6.07, 6.45) is -4.00. The molecular weight excluding hydrogens is 410 g/mol. The van der Waals surface area contributed by atoms with Crippen molar-refractivity contribution in [1.29, 1.82) is 0 Å². The molecule has 0 aromatic heterocycles. The average Bonchev–Trinajstić information content (AvgIpc) is 3.27. The van der Waals surface area contributed by atoms with Gasteiger partial charge in [0.1, 0.15) is 37.1 Å². The molecule has 0 spiro atoms. The third-order valence-corrected chi connectivity index (χ3v) is 5.20. The molecule has 0 aliphatic carbocycles. The predicted octanol–water partition coefficient (Wildman–Crippen LogP) is -0.923. The highest BCUT2D eigenvalue weighted by Gasteiger charge is 2.45. The molecule has 1 aromatic carbocycles. The van der Waals surface area contributed by atoms with Gasteiger partial charge in [-0.3, -0.25) is 4.57 Å². The number of imidazole rings is 1. The first-order valence-electron chi connectivity index (χ1n) is 9.52. The third-order valence-electron chi connectivity index (χ3n) is 5.20. The fourth-order valence-corrected chi connectivity index (χ4v) is 3.51. The minimum atomic E-state index is -1.53. The standard InChI is InChI=1S/C19H23N5O7/c1-30-11-3-2-9(4-10(11)26)5-20-17-13-18(22-7-21-13)24(8-23-17)19-16(29)15(28)14(27)12(6-25)31-19/h2-4,7-8,12,14-16,19-20,25-29H,5-6H2,1H3/t12-,14-,15+,16-,19?/m1/s1. The Bertz CT molecular complexity index is 1010. The van der Waals surface area contributed by atoms with E-state index in [4.69, 9.17) is 9.47 Å². The molecule has 3 aliphatic heterocycles. The van der Waals surface area contributed by atoms with Gasteiger partial charge in [0.05, 0.1) is 13.7 Å². The molecule has 1 fully saturated rings. The maximum absolute atomic E-state index is 10.4. The number of ether oxygens (including phenoxy) is 2. The van der Waals surface area contributed by atoms with Gasteiger partial charge < -0.3 is 40.3 Å². The van der Waals surface area contributed by atoms with Crippen LogP contribution in [-0.4, -0.2) is 83.2 Å². The molecule has 4 rings (SSSR count). The topological polar surface area (TPSA) is 175 Å². The maximum Gasteiger partial charge on any atom is 0.167 e. The number of rotatable bonds is 6. The Kier molecular flexibility index (Phi) is 5.89. The average molecular weight is 433 g/mol. The van der Waals surface area contributed by atoms with Crippen molar-refractivity contribution in [3.8, 4) is 23.0 Å². The Labute approximate surface area is 176 Å². The Morgan fingerprint density at radius 3 is 2.65 bits per heavy atom. The second kappa shape index (κ2) is 8.61. The first-order valence-corrected chi connectivity index (χ1v) is 9.52. The van der Waals surface area contributed by atoms with Crippen molar-refractivity contribution < 1.29 is 35.0 Å². The van der Waals surface area contributed by atoms with E-state index in [0.29, 0.717) is 29.6 Å². The number of aromatic hydroxyl groups is 1. The van der Waals surface area contributed by atoms with Crippen LogP contribution < -0.4 is 10.1 Å². The zero-order chi connectivity index (χ0) is 22.1. The van der Waals surface area contributed by atoms with Crippen LogP contribution >= 0.6 is 0 Å². The van der Waals surface area contributed by atoms with E-state index in [2.05, 4.69) is 20.3 Å². The zero-order valence-electron chi connectivity index (χ0n) is 16.5. The number of aliphatic hydroxyl groups excluding tert-OH is 4. The number of methoxy groups -OCH3 is 1. The normalized spacial score (nSPS) is 26.2. The van der Waals surface area contributed by atoms with Gasteiger partial charge >= 0.3 is 0 Å². The lowest BCUT2D eigenvalue weighted by molar-refractivity contribution is -0.251. The van der Waals surface area contributed by atoms with Crippen LogP contribution in [0.4, 0.5) is 5.82 Å². The van der Waals surface area contributed by atoms with Crippen LogP contribution in [0.2, 0.25) is 0 Å². The van der Waals surface area contributed by atoms with Gasteiger partial charge in [-0.1, -0.05) is 6.07 Å². The van der Waals surface area contributed by atoms with Gasteiger partial charge in [0.2, 0.25) is 0 Å². The Morgan fingerprint density at radius 2 is 1.94 bits per heavy atom. The monoisotopic (exact) mass is 433 g/mol. The van der Waals surface area contributed by atoms with Crippen molar-refractivity contribution >= 4 is 5.82 Å². The van der Waals surface area contributed by atoms with E-state index in [1.807, 2.05) is 0 Å². The molecule has 1 saturated heterocycles. The lowest BCUT2D eigenvalue weighted by atomic mass is 9.98.